The normalized spacial score (nSPS) is 25.2. The molecule has 118 valence electrons. The second-order valence-electron chi connectivity index (χ2n) is 5.60. The minimum atomic E-state index is -4.18. The lowest BCUT2D eigenvalue weighted by Crippen LogP contribution is -2.39. The molecule has 0 aromatic heterocycles. The minimum Gasteiger partial charge on any atom is -0.356 e. The molecule has 2 nitrogen and oxygen atoms in total. The van der Waals surface area contributed by atoms with Crippen LogP contribution >= 0.6 is 11.6 Å². The number of amides is 1. The average molecular weight is 314 g/mol. The molecule has 3 unspecified atom stereocenters. The van der Waals surface area contributed by atoms with E-state index < -0.39 is 18.0 Å². The summed E-state index contributed by atoms with van der Waals surface area (Å²) in [4.78, 5) is 12.0. The molecule has 0 radical (unpaired) electrons. The second kappa shape index (κ2) is 8.11. The van der Waals surface area contributed by atoms with Crippen LogP contribution in [0.3, 0.4) is 0 Å². The summed E-state index contributed by atoms with van der Waals surface area (Å²) >= 11 is 5.67. The van der Waals surface area contributed by atoms with Gasteiger partial charge in [-0.1, -0.05) is 19.8 Å². The summed E-state index contributed by atoms with van der Waals surface area (Å²) in [5, 5.41) is 2.80. The lowest BCUT2D eigenvalue weighted by molar-refractivity contribution is -0.186. The van der Waals surface area contributed by atoms with Crippen LogP contribution in [0.2, 0.25) is 0 Å². The lowest BCUT2D eigenvalue weighted by Gasteiger charge is -2.30. The van der Waals surface area contributed by atoms with Crippen LogP contribution in [0, 0.1) is 17.8 Å². The molecule has 0 aromatic carbocycles. The van der Waals surface area contributed by atoms with Gasteiger partial charge in [-0.2, -0.15) is 13.2 Å². The van der Waals surface area contributed by atoms with Crippen molar-refractivity contribution in [1.82, 2.24) is 5.32 Å². The van der Waals surface area contributed by atoms with Crippen molar-refractivity contribution in [2.75, 3.05) is 12.4 Å². The molecular weight excluding hydrogens is 291 g/mol. The van der Waals surface area contributed by atoms with Gasteiger partial charge in [-0.05, 0) is 31.6 Å². The van der Waals surface area contributed by atoms with E-state index >= 15 is 0 Å². The lowest BCUT2D eigenvalue weighted by atomic mass is 9.80. The second-order valence-corrected chi connectivity index (χ2v) is 5.98. The van der Waals surface area contributed by atoms with Gasteiger partial charge in [0, 0.05) is 18.3 Å². The van der Waals surface area contributed by atoms with Gasteiger partial charge in [-0.25, -0.2) is 0 Å². The molecule has 3 atom stereocenters. The fourth-order valence-corrected chi connectivity index (χ4v) is 3.03. The van der Waals surface area contributed by atoms with Crippen molar-refractivity contribution in [2.24, 2.45) is 17.8 Å². The molecule has 0 spiro atoms. The van der Waals surface area contributed by atoms with Crippen LogP contribution in [0.25, 0.3) is 0 Å². The zero-order valence-electron chi connectivity index (χ0n) is 11.8. The van der Waals surface area contributed by atoms with E-state index in [-0.39, 0.29) is 18.7 Å². The van der Waals surface area contributed by atoms with Crippen LogP contribution in [0.4, 0.5) is 13.2 Å². The molecule has 6 heteroatoms. The molecule has 0 bridgehead atoms. The first-order valence-corrected chi connectivity index (χ1v) is 7.82. The van der Waals surface area contributed by atoms with E-state index in [2.05, 4.69) is 5.32 Å². The average Bonchev–Trinajstić information content (AvgIpc) is 2.42. The summed E-state index contributed by atoms with van der Waals surface area (Å²) in [5.74, 6) is -1.21. The SMILES string of the molecule is CCC(CCCl)CNC(=O)C1CCCC(C(F)(F)F)C1. The number of halogens is 4. The van der Waals surface area contributed by atoms with Crippen molar-refractivity contribution >= 4 is 17.5 Å². The molecule has 1 N–H and O–H groups in total. The number of hydrogen-bond acceptors (Lipinski definition) is 1. The van der Waals surface area contributed by atoms with Gasteiger partial charge in [-0.3, -0.25) is 4.79 Å². The fraction of sp³-hybridized carbons (Fsp3) is 0.929. The molecular formula is C14H23ClF3NO. The molecule has 0 saturated heterocycles. The van der Waals surface area contributed by atoms with Gasteiger partial charge in [0.1, 0.15) is 0 Å². The van der Waals surface area contributed by atoms with Crippen LogP contribution < -0.4 is 5.32 Å². The third kappa shape index (κ3) is 5.51. The predicted octanol–water partition coefficient (Wildman–Crippen LogP) is 4.13. The van der Waals surface area contributed by atoms with Crippen LogP contribution in [-0.4, -0.2) is 24.5 Å². The van der Waals surface area contributed by atoms with Gasteiger partial charge in [0.15, 0.2) is 0 Å². The predicted molar refractivity (Wildman–Crippen MR) is 73.6 cm³/mol. The monoisotopic (exact) mass is 313 g/mol. The van der Waals surface area contributed by atoms with Crippen molar-refractivity contribution in [3.63, 3.8) is 0 Å². The number of nitrogens with one attached hydrogen (secondary N) is 1. The first-order valence-electron chi connectivity index (χ1n) is 7.28. The minimum absolute atomic E-state index is 0.0678. The summed E-state index contributed by atoms with van der Waals surface area (Å²) < 4.78 is 38.1. The third-order valence-electron chi connectivity index (χ3n) is 4.17. The first-order chi connectivity index (χ1) is 9.38. The number of alkyl halides is 4. The zero-order valence-corrected chi connectivity index (χ0v) is 12.6. The topological polar surface area (TPSA) is 29.1 Å². The van der Waals surface area contributed by atoms with Gasteiger partial charge in [-0.15, -0.1) is 11.6 Å². The number of rotatable bonds is 6. The Hall–Kier alpha value is -0.450. The van der Waals surface area contributed by atoms with Crippen LogP contribution in [0.15, 0.2) is 0 Å². The highest BCUT2D eigenvalue weighted by atomic mass is 35.5. The zero-order chi connectivity index (χ0) is 15.2. The van der Waals surface area contributed by atoms with Gasteiger partial charge in [0.25, 0.3) is 0 Å². The van der Waals surface area contributed by atoms with E-state index in [9.17, 15) is 18.0 Å². The summed E-state index contributed by atoms with van der Waals surface area (Å²) in [5.41, 5.74) is 0. The molecule has 20 heavy (non-hydrogen) atoms. The number of carbonyl (C=O) groups is 1. The third-order valence-corrected chi connectivity index (χ3v) is 4.39. The molecule has 0 aliphatic heterocycles. The largest absolute Gasteiger partial charge is 0.391 e. The smallest absolute Gasteiger partial charge is 0.356 e. The summed E-state index contributed by atoms with van der Waals surface area (Å²) in [6, 6.07) is 0. The van der Waals surface area contributed by atoms with Crippen LogP contribution in [0.5, 0.6) is 0 Å². The highest BCUT2D eigenvalue weighted by Gasteiger charge is 2.43. The molecule has 0 heterocycles. The Bertz CT molecular complexity index is 309. The van der Waals surface area contributed by atoms with E-state index in [4.69, 9.17) is 11.6 Å². The Balaban J connectivity index is 2.43. The van der Waals surface area contributed by atoms with E-state index in [1.165, 1.54) is 0 Å². The first kappa shape index (κ1) is 17.6. The standard InChI is InChI=1S/C14H23ClF3NO/c1-2-10(6-7-15)9-19-13(20)11-4-3-5-12(8-11)14(16,17)18/h10-12H,2-9H2,1H3,(H,19,20). The molecule has 1 amide bonds. The Morgan fingerprint density at radius 2 is 2.10 bits per heavy atom. The molecule has 1 aliphatic carbocycles. The van der Waals surface area contributed by atoms with Crippen LogP contribution in [-0.2, 0) is 4.79 Å². The molecule has 1 aliphatic rings. The van der Waals surface area contributed by atoms with Crippen molar-refractivity contribution in [3.05, 3.63) is 0 Å². The van der Waals surface area contributed by atoms with Gasteiger partial charge in [0.2, 0.25) is 5.91 Å². The van der Waals surface area contributed by atoms with Gasteiger partial charge < -0.3 is 5.32 Å². The molecule has 0 aromatic rings. The Morgan fingerprint density at radius 3 is 2.65 bits per heavy atom. The quantitative estimate of drug-likeness (QED) is 0.734. The number of hydrogen-bond donors (Lipinski definition) is 1. The van der Waals surface area contributed by atoms with Crippen LogP contribution in [0.1, 0.15) is 45.4 Å². The molecule has 1 fully saturated rings. The van der Waals surface area contributed by atoms with Crippen molar-refractivity contribution < 1.29 is 18.0 Å². The summed E-state index contributed by atoms with van der Waals surface area (Å²) in [7, 11) is 0. The van der Waals surface area contributed by atoms with Crippen molar-refractivity contribution in [1.29, 1.82) is 0 Å². The fourth-order valence-electron chi connectivity index (χ4n) is 2.72. The Morgan fingerprint density at radius 1 is 1.40 bits per heavy atom. The molecule has 1 saturated carbocycles. The Labute approximate surface area is 123 Å². The number of carbonyl (C=O) groups excluding carboxylic acids is 1. The molecule has 1 rings (SSSR count). The van der Waals surface area contributed by atoms with Gasteiger partial charge in [0.05, 0.1) is 5.92 Å². The van der Waals surface area contributed by atoms with E-state index in [1.54, 1.807) is 0 Å². The highest BCUT2D eigenvalue weighted by Crippen LogP contribution is 2.39. The van der Waals surface area contributed by atoms with Crippen molar-refractivity contribution in [2.45, 2.75) is 51.6 Å². The maximum Gasteiger partial charge on any atom is 0.391 e. The van der Waals surface area contributed by atoms with E-state index in [0.717, 1.165) is 12.8 Å². The summed E-state index contributed by atoms with van der Waals surface area (Å²) in [6.45, 7) is 2.53. The van der Waals surface area contributed by atoms with E-state index in [1.807, 2.05) is 6.92 Å². The maximum atomic E-state index is 12.7. The Kier molecular flexibility index (Phi) is 7.13. The van der Waals surface area contributed by atoms with Gasteiger partial charge >= 0.3 is 6.18 Å². The van der Waals surface area contributed by atoms with Crippen molar-refractivity contribution in [3.8, 4) is 0 Å². The maximum absolute atomic E-state index is 12.7. The highest BCUT2D eigenvalue weighted by molar-refractivity contribution is 6.17. The van der Waals surface area contributed by atoms with E-state index in [0.29, 0.717) is 31.2 Å². The summed E-state index contributed by atoms with van der Waals surface area (Å²) in [6.07, 6.45) is -1.34.